The Morgan fingerprint density at radius 3 is 2.86 bits per heavy atom. The quantitative estimate of drug-likeness (QED) is 0.481. The van der Waals surface area contributed by atoms with Gasteiger partial charge in [-0.3, -0.25) is 14.6 Å². The first-order valence-electron chi connectivity index (χ1n) is 11.5. The fourth-order valence-corrected chi connectivity index (χ4v) is 8.32. The molecule has 2 amide bonds. The van der Waals surface area contributed by atoms with Gasteiger partial charge in [-0.25, -0.2) is 13.2 Å². The highest BCUT2D eigenvalue weighted by atomic mass is 32.2. The Morgan fingerprint density at radius 1 is 1.31 bits per heavy atom. The second-order valence-corrected chi connectivity index (χ2v) is 12.5. The van der Waals surface area contributed by atoms with Gasteiger partial charge in [0.1, 0.15) is 17.0 Å². The van der Waals surface area contributed by atoms with Gasteiger partial charge in [-0.2, -0.15) is 4.31 Å². The maximum Gasteiger partial charge on any atom is 0.414 e. The Balaban J connectivity index is 1.29. The largest absolute Gasteiger partial charge is 0.414 e. The second kappa shape index (κ2) is 9.88. The molecule has 5 heterocycles. The third kappa shape index (κ3) is 4.51. The van der Waals surface area contributed by atoms with E-state index >= 15 is 0 Å². The van der Waals surface area contributed by atoms with Crippen LogP contribution in [0.2, 0.25) is 0 Å². The van der Waals surface area contributed by atoms with Crippen LogP contribution in [0.25, 0.3) is 9.40 Å². The van der Waals surface area contributed by atoms with Crippen molar-refractivity contribution in [3.8, 4) is 5.06 Å². The Bertz CT molecular complexity index is 1370. The van der Waals surface area contributed by atoms with Crippen LogP contribution < -0.4 is 10.1 Å². The highest BCUT2D eigenvalue weighted by Crippen LogP contribution is 2.36. The van der Waals surface area contributed by atoms with Gasteiger partial charge in [0, 0.05) is 34.4 Å². The van der Waals surface area contributed by atoms with Gasteiger partial charge >= 0.3 is 6.09 Å². The van der Waals surface area contributed by atoms with Gasteiger partial charge in [-0.15, -0.1) is 11.3 Å². The number of nitrogens with zero attached hydrogens (tertiary/aromatic N) is 3. The minimum absolute atomic E-state index is 0.00458. The smallest absolute Gasteiger partial charge is 0.399 e. The van der Waals surface area contributed by atoms with Crippen LogP contribution in [-0.2, 0) is 19.6 Å². The molecule has 10 nitrogen and oxygen atoms in total. The molecule has 3 unspecified atom stereocenters. The Morgan fingerprint density at radius 2 is 2.14 bits per heavy atom. The molecule has 190 valence electrons. The lowest BCUT2D eigenvalue weighted by atomic mass is 10.1. The van der Waals surface area contributed by atoms with E-state index in [2.05, 4.69) is 10.3 Å². The van der Waals surface area contributed by atoms with E-state index in [-0.39, 0.29) is 23.8 Å². The van der Waals surface area contributed by atoms with Crippen LogP contribution in [0.15, 0.2) is 46.9 Å². The van der Waals surface area contributed by atoms with Gasteiger partial charge < -0.3 is 15.0 Å². The van der Waals surface area contributed by atoms with Crippen molar-refractivity contribution in [1.29, 1.82) is 0 Å². The third-order valence-electron chi connectivity index (χ3n) is 6.38. The number of sulfonamides is 1. The van der Waals surface area contributed by atoms with Gasteiger partial charge in [-0.1, -0.05) is 24.7 Å². The summed E-state index contributed by atoms with van der Waals surface area (Å²) in [4.78, 5) is 44.3. The number of hydrogen-bond acceptors (Lipinski definition) is 9. The molecule has 0 bridgehead atoms. The van der Waals surface area contributed by atoms with Crippen LogP contribution in [0.3, 0.4) is 0 Å². The van der Waals surface area contributed by atoms with Crippen molar-refractivity contribution in [3.63, 3.8) is 0 Å². The first-order valence-corrected chi connectivity index (χ1v) is 14.6. The number of carbonyl (C=O) groups is 3. The number of pyridine rings is 1. The molecule has 2 fully saturated rings. The number of aromatic nitrogens is 1. The topological polar surface area (TPSA) is 126 Å². The number of ether oxygens (including phenoxy) is 1. The van der Waals surface area contributed by atoms with Crippen molar-refractivity contribution in [2.75, 3.05) is 13.1 Å². The van der Waals surface area contributed by atoms with E-state index in [9.17, 15) is 22.8 Å². The maximum absolute atomic E-state index is 13.5. The Hall–Kier alpha value is -2.87. The van der Waals surface area contributed by atoms with Crippen LogP contribution in [0, 0.1) is 0 Å². The number of carbonyl (C=O) groups excluding carboxylic acids is 3. The fourth-order valence-electron chi connectivity index (χ4n) is 4.78. The van der Waals surface area contributed by atoms with Crippen LogP contribution >= 0.6 is 22.7 Å². The van der Waals surface area contributed by atoms with Crippen molar-refractivity contribution in [1.82, 2.24) is 19.5 Å². The van der Waals surface area contributed by atoms with Crippen LogP contribution in [-0.4, -0.2) is 71.6 Å². The lowest BCUT2D eigenvalue weighted by Crippen LogP contribution is -2.52. The number of hydrogen-bond donors (Lipinski definition) is 1. The van der Waals surface area contributed by atoms with Gasteiger partial charge in [0.05, 0.1) is 12.6 Å². The van der Waals surface area contributed by atoms with E-state index in [0.717, 1.165) is 9.40 Å². The molecular formula is C23H24N4O6S3. The van der Waals surface area contributed by atoms with E-state index in [4.69, 9.17) is 4.74 Å². The lowest BCUT2D eigenvalue weighted by molar-refractivity contribution is -0.138. The zero-order chi connectivity index (χ0) is 25.4. The minimum Gasteiger partial charge on any atom is -0.399 e. The molecule has 3 aromatic heterocycles. The van der Waals surface area contributed by atoms with Gasteiger partial charge in [0.2, 0.25) is 15.9 Å². The molecule has 0 aromatic carbocycles. The van der Waals surface area contributed by atoms with Crippen molar-refractivity contribution in [2.45, 2.75) is 49.2 Å². The summed E-state index contributed by atoms with van der Waals surface area (Å²) in [6.45, 7) is 1.80. The average Bonchev–Trinajstić information content (AvgIpc) is 3.61. The van der Waals surface area contributed by atoms with E-state index in [1.807, 2.05) is 18.4 Å². The molecule has 0 spiro atoms. The summed E-state index contributed by atoms with van der Waals surface area (Å²) in [5.41, 5.74) is 0. The third-order valence-corrected chi connectivity index (χ3v) is 10.2. The summed E-state index contributed by atoms with van der Waals surface area (Å²) >= 11 is 2.88. The van der Waals surface area contributed by atoms with E-state index in [1.165, 1.54) is 45.1 Å². The minimum atomic E-state index is -3.94. The molecule has 0 saturated carbocycles. The molecule has 1 N–H and O–H groups in total. The zero-order valence-electron chi connectivity index (χ0n) is 19.3. The lowest BCUT2D eigenvalue weighted by Gasteiger charge is -2.28. The zero-order valence-corrected chi connectivity index (χ0v) is 21.8. The number of thiophene rings is 2. The summed E-state index contributed by atoms with van der Waals surface area (Å²) in [5, 5.41) is 5.03. The van der Waals surface area contributed by atoms with Crippen molar-refractivity contribution in [2.24, 2.45) is 0 Å². The number of fused-ring (bicyclic) bond motifs is 2. The van der Waals surface area contributed by atoms with Crippen LogP contribution in [0.1, 0.15) is 26.2 Å². The molecule has 2 aliphatic heterocycles. The van der Waals surface area contributed by atoms with Crippen LogP contribution in [0.4, 0.5) is 4.79 Å². The number of rotatable bonds is 7. The summed E-state index contributed by atoms with van der Waals surface area (Å²) in [6, 6.07) is 4.25. The maximum atomic E-state index is 13.5. The van der Waals surface area contributed by atoms with Crippen molar-refractivity contribution >= 4 is 59.9 Å². The number of nitrogens with one attached hydrogen (secondary N) is 1. The molecular weight excluding hydrogens is 524 g/mol. The number of ketones is 1. The summed E-state index contributed by atoms with van der Waals surface area (Å²) in [5.74, 6) is -0.753. The standard InChI is InChI=1S/C23H24N4O6S3/c1-2-4-15(25-23(30)33-20-11-19-18(35-20)7-10-34-19)22(29)26-9-6-16-21(26)17(28)13-27(16)36(31,32)14-5-3-8-24-12-14/h3,5,7-8,10-12,15-16,21H,2,4,6,9,13H2,1H3,(H,25,30). The van der Waals surface area contributed by atoms with Crippen molar-refractivity contribution < 1.29 is 27.5 Å². The monoisotopic (exact) mass is 548 g/mol. The molecule has 5 rings (SSSR count). The molecule has 13 heteroatoms. The molecule has 3 aromatic rings. The summed E-state index contributed by atoms with van der Waals surface area (Å²) < 4.78 is 34.9. The molecule has 36 heavy (non-hydrogen) atoms. The Labute approximate surface area is 215 Å². The summed E-state index contributed by atoms with van der Waals surface area (Å²) in [7, 11) is -3.94. The SMILES string of the molecule is CCCC(NC(=O)Oc1cc2sccc2s1)C(=O)N1CCC2C1C(=O)CN2S(=O)(=O)c1cccnc1. The summed E-state index contributed by atoms with van der Waals surface area (Å²) in [6.07, 6.45) is 3.27. The van der Waals surface area contributed by atoms with Crippen LogP contribution in [0.5, 0.6) is 5.06 Å². The molecule has 0 aliphatic carbocycles. The number of likely N-dealkylation sites (tertiary alicyclic amines) is 1. The van der Waals surface area contributed by atoms with Gasteiger partial charge in [0.25, 0.3) is 0 Å². The van der Waals surface area contributed by atoms with Gasteiger partial charge in [0.15, 0.2) is 10.8 Å². The Kier molecular flexibility index (Phi) is 6.81. The predicted octanol–water partition coefficient (Wildman–Crippen LogP) is 2.86. The fraction of sp³-hybridized carbons (Fsp3) is 0.391. The first-order chi connectivity index (χ1) is 17.3. The van der Waals surface area contributed by atoms with E-state index in [0.29, 0.717) is 24.3 Å². The normalized spacial score (nSPS) is 21.0. The van der Waals surface area contributed by atoms with Gasteiger partial charge in [-0.05, 0) is 36.4 Å². The van der Waals surface area contributed by atoms with Crippen molar-refractivity contribution in [3.05, 3.63) is 42.0 Å². The number of Topliss-reactive ketones (excluding diaryl/α,β-unsaturated/α-hetero) is 1. The molecule has 2 saturated heterocycles. The second-order valence-electron chi connectivity index (χ2n) is 8.63. The molecule has 0 radical (unpaired) electrons. The highest BCUT2D eigenvalue weighted by molar-refractivity contribution is 7.89. The van der Waals surface area contributed by atoms with E-state index in [1.54, 1.807) is 17.4 Å². The predicted molar refractivity (Wildman–Crippen MR) is 135 cm³/mol. The average molecular weight is 549 g/mol. The number of amides is 2. The molecule has 3 atom stereocenters. The van der Waals surface area contributed by atoms with E-state index < -0.39 is 40.1 Å². The highest BCUT2D eigenvalue weighted by Gasteiger charge is 2.54. The first kappa shape index (κ1) is 24.8. The molecule has 2 aliphatic rings.